The summed E-state index contributed by atoms with van der Waals surface area (Å²) >= 11 is 0. The van der Waals surface area contributed by atoms with Gasteiger partial charge in [0, 0.05) is 23.5 Å². The molecule has 0 saturated heterocycles. The van der Waals surface area contributed by atoms with Crippen molar-refractivity contribution in [3.05, 3.63) is 71.7 Å². The molecule has 122 valence electrons. The van der Waals surface area contributed by atoms with Crippen LogP contribution in [0.25, 0.3) is 0 Å². The van der Waals surface area contributed by atoms with Crippen LogP contribution in [0.4, 0.5) is 14.5 Å². The Labute approximate surface area is 135 Å². The van der Waals surface area contributed by atoms with Gasteiger partial charge in [-0.25, -0.2) is 8.78 Å². The molecule has 0 spiro atoms. The Kier molecular flexibility index (Phi) is 7.60. The van der Waals surface area contributed by atoms with E-state index in [9.17, 15) is 8.78 Å². The molecule has 2 aromatic rings. The predicted octanol–water partition coefficient (Wildman–Crippen LogP) is 4.56. The lowest BCUT2D eigenvalue weighted by Crippen LogP contribution is -2.05. The summed E-state index contributed by atoms with van der Waals surface area (Å²) < 4.78 is 25.8. The maximum atomic E-state index is 12.9. The first-order valence-electron chi connectivity index (χ1n) is 7.40. The largest absolute Gasteiger partial charge is 0.402 e. The van der Waals surface area contributed by atoms with Crippen molar-refractivity contribution in [2.75, 3.05) is 0 Å². The van der Waals surface area contributed by atoms with Crippen molar-refractivity contribution in [1.29, 1.82) is 0 Å². The molecule has 23 heavy (non-hydrogen) atoms. The van der Waals surface area contributed by atoms with Crippen LogP contribution in [0.5, 0.6) is 0 Å². The average Bonchev–Trinajstić information content (AvgIpc) is 2.53. The summed E-state index contributed by atoms with van der Waals surface area (Å²) in [5.74, 6) is -0.706. The van der Waals surface area contributed by atoms with Crippen LogP contribution in [0.3, 0.4) is 0 Å². The van der Waals surface area contributed by atoms with Gasteiger partial charge in [-0.1, -0.05) is 13.8 Å². The zero-order chi connectivity index (χ0) is 17.2. The predicted molar refractivity (Wildman–Crippen MR) is 90.7 cm³/mol. The summed E-state index contributed by atoms with van der Waals surface area (Å²) in [6.07, 6.45) is 3.28. The van der Waals surface area contributed by atoms with E-state index in [0.717, 1.165) is 6.20 Å². The molecule has 0 unspecified atom stereocenters. The Bertz CT molecular complexity index is 656. The van der Waals surface area contributed by atoms with Gasteiger partial charge in [-0.05, 0) is 49.4 Å². The third-order valence-corrected chi connectivity index (χ3v) is 2.64. The Hall–Kier alpha value is -2.56. The zero-order valence-corrected chi connectivity index (χ0v) is 13.6. The number of pyridine rings is 1. The van der Waals surface area contributed by atoms with E-state index in [4.69, 9.17) is 5.73 Å². The highest BCUT2D eigenvalue weighted by molar-refractivity contribution is 5.98. The van der Waals surface area contributed by atoms with Crippen molar-refractivity contribution >= 4 is 11.4 Å². The fourth-order valence-electron chi connectivity index (χ4n) is 1.76. The van der Waals surface area contributed by atoms with Crippen molar-refractivity contribution < 1.29 is 8.78 Å². The van der Waals surface area contributed by atoms with Crippen LogP contribution in [-0.4, -0.2) is 10.7 Å². The van der Waals surface area contributed by atoms with E-state index in [1.807, 2.05) is 13.8 Å². The number of nitrogens with two attached hydrogens (primary N) is 1. The van der Waals surface area contributed by atoms with Crippen LogP contribution in [-0.2, 0) is 6.42 Å². The summed E-state index contributed by atoms with van der Waals surface area (Å²) in [4.78, 5) is 8.41. The van der Waals surface area contributed by atoms with Gasteiger partial charge in [0.15, 0.2) is 0 Å². The van der Waals surface area contributed by atoms with Crippen molar-refractivity contribution in [1.82, 2.24) is 4.98 Å². The van der Waals surface area contributed by atoms with Gasteiger partial charge in [-0.2, -0.15) is 0 Å². The number of hydrogen-bond acceptors (Lipinski definition) is 3. The van der Waals surface area contributed by atoms with E-state index in [-0.39, 0.29) is 11.6 Å². The summed E-state index contributed by atoms with van der Waals surface area (Å²) in [5.41, 5.74) is 8.24. The number of aromatic nitrogens is 1. The van der Waals surface area contributed by atoms with Crippen molar-refractivity contribution in [3.63, 3.8) is 0 Å². The molecule has 2 rings (SSSR count). The summed E-state index contributed by atoms with van der Waals surface area (Å²) in [5, 5.41) is 0. The fourth-order valence-corrected chi connectivity index (χ4v) is 1.76. The third kappa shape index (κ3) is 6.82. The Morgan fingerprint density at radius 3 is 2.22 bits per heavy atom. The van der Waals surface area contributed by atoms with Crippen LogP contribution in [0.2, 0.25) is 0 Å². The van der Waals surface area contributed by atoms with E-state index in [1.165, 1.54) is 18.2 Å². The van der Waals surface area contributed by atoms with E-state index in [2.05, 4.69) is 9.98 Å². The van der Waals surface area contributed by atoms with Gasteiger partial charge in [0.1, 0.15) is 11.6 Å². The second kappa shape index (κ2) is 9.46. The number of benzene rings is 1. The zero-order valence-electron chi connectivity index (χ0n) is 13.6. The molecule has 1 aromatic carbocycles. The Morgan fingerprint density at radius 2 is 1.70 bits per heavy atom. The van der Waals surface area contributed by atoms with Crippen LogP contribution >= 0.6 is 0 Å². The molecular formula is C18H21F2N3. The molecule has 0 aliphatic rings. The Balaban J connectivity index is 0.00000127. The first-order valence-corrected chi connectivity index (χ1v) is 7.40. The van der Waals surface area contributed by atoms with Crippen molar-refractivity contribution in [2.45, 2.75) is 27.2 Å². The van der Waals surface area contributed by atoms with Gasteiger partial charge in [-0.15, -0.1) is 0 Å². The molecule has 0 aliphatic heterocycles. The summed E-state index contributed by atoms with van der Waals surface area (Å²) in [6, 6.07) is 8.77. The SMILES string of the molecule is C/C(N)=C/C(Cc1ccc(F)cn1)=Nc1ccc(F)cc1.CC. The highest BCUT2D eigenvalue weighted by atomic mass is 19.1. The number of aliphatic imine (C=N–C) groups is 1. The molecule has 0 bridgehead atoms. The van der Waals surface area contributed by atoms with Gasteiger partial charge in [0.2, 0.25) is 0 Å². The number of rotatable bonds is 4. The minimum Gasteiger partial charge on any atom is -0.402 e. The highest BCUT2D eigenvalue weighted by Crippen LogP contribution is 2.14. The maximum Gasteiger partial charge on any atom is 0.141 e. The number of nitrogens with zero attached hydrogens (tertiary/aromatic N) is 2. The quantitative estimate of drug-likeness (QED) is 0.840. The van der Waals surface area contributed by atoms with Gasteiger partial charge >= 0.3 is 0 Å². The molecular weight excluding hydrogens is 296 g/mol. The molecule has 1 heterocycles. The van der Waals surface area contributed by atoms with Crippen molar-refractivity contribution in [3.8, 4) is 0 Å². The molecule has 0 atom stereocenters. The van der Waals surface area contributed by atoms with Crippen LogP contribution in [0, 0.1) is 11.6 Å². The van der Waals surface area contributed by atoms with Gasteiger partial charge in [0.25, 0.3) is 0 Å². The smallest absolute Gasteiger partial charge is 0.141 e. The van der Waals surface area contributed by atoms with E-state index in [0.29, 0.717) is 29.2 Å². The first-order chi connectivity index (χ1) is 11.0. The van der Waals surface area contributed by atoms with E-state index < -0.39 is 0 Å². The second-order valence-corrected chi connectivity index (χ2v) is 4.61. The molecule has 5 heteroatoms. The fraction of sp³-hybridized carbons (Fsp3) is 0.222. The Morgan fingerprint density at radius 1 is 1.09 bits per heavy atom. The van der Waals surface area contributed by atoms with E-state index >= 15 is 0 Å². The molecule has 0 amide bonds. The standard InChI is InChI=1S/C16H15F2N3.C2H6/c1-11(19)8-16(9-15-7-4-13(18)10-20-15)21-14-5-2-12(17)3-6-14;1-2/h2-8,10H,9,19H2,1H3;1-2H3/b11-8-,21-16?;. The summed E-state index contributed by atoms with van der Waals surface area (Å²) in [6.45, 7) is 5.75. The number of halogens is 2. The normalized spacial score (nSPS) is 11.7. The number of hydrogen-bond donors (Lipinski definition) is 1. The first kappa shape index (κ1) is 18.5. The molecule has 3 nitrogen and oxygen atoms in total. The van der Waals surface area contributed by atoms with Crippen LogP contribution < -0.4 is 5.73 Å². The minimum absolute atomic E-state index is 0.318. The number of allylic oxidation sites excluding steroid dienone is 2. The lowest BCUT2D eigenvalue weighted by atomic mass is 10.1. The molecule has 0 radical (unpaired) electrons. The third-order valence-electron chi connectivity index (χ3n) is 2.64. The lowest BCUT2D eigenvalue weighted by molar-refractivity contribution is 0.620. The topological polar surface area (TPSA) is 51.3 Å². The van der Waals surface area contributed by atoms with Gasteiger partial charge in [-0.3, -0.25) is 9.98 Å². The van der Waals surface area contributed by atoms with E-state index in [1.54, 1.807) is 31.2 Å². The molecule has 0 saturated carbocycles. The maximum absolute atomic E-state index is 12.9. The average molecular weight is 317 g/mol. The molecule has 2 N–H and O–H groups in total. The van der Waals surface area contributed by atoms with Crippen LogP contribution in [0.15, 0.2) is 59.4 Å². The molecule has 0 aliphatic carbocycles. The minimum atomic E-state index is -0.388. The molecule has 1 aromatic heterocycles. The summed E-state index contributed by atoms with van der Waals surface area (Å²) in [7, 11) is 0. The second-order valence-electron chi connectivity index (χ2n) is 4.61. The van der Waals surface area contributed by atoms with Crippen LogP contribution in [0.1, 0.15) is 26.5 Å². The highest BCUT2D eigenvalue weighted by Gasteiger charge is 2.02. The van der Waals surface area contributed by atoms with Crippen molar-refractivity contribution in [2.24, 2.45) is 10.7 Å². The molecule has 0 fully saturated rings. The van der Waals surface area contributed by atoms with Gasteiger partial charge in [0.05, 0.1) is 11.9 Å². The monoisotopic (exact) mass is 317 g/mol. The lowest BCUT2D eigenvalue weighted by Gasteiger charge is -2.03. The van der Waals surface area contributed by atoms with Gasteiger partial charge < -0.3 is 5.73 Å².